The number of halogens is 1. The van der Waals surface area contributed by atoms with Crippen LogP contribution in [0.2, 0.25) is 5.02 Å². The summed E-state index contributed by atoms with van der Waals surface area (Å²) in [4.78, 5) is 31.7. The summed E-state index contributed by atoms with van der Waals surface area (Å²) in [5.41, 5.74) is 1.91. The van der Waals surface area contributed by atoms with E-state index in [0.717, 1.165) is 5.56 Å². The van der Waals surface area contributed by atoms with Gasteiger partial charge in [0.15, 0.2) is 16.3 Å². The third-order valence-electron chi connectivity index (χ3n) is 5.69. The second kappa shape index (κ2) is 10.6. The molecule has 36 heavy (non-hydrogen) atoms. The van der Waals surface area contributed by atoms with Crippen LogP contribution in [-0.2, 0) is 9.53 Å². The first-order valence-corrected chi connectivity index (χ1v) is 12.3. The molecule has 0 bridgehead atoms. The monoisotopic (exact) mass is 528 g/mol. The Bertz CT molecular complexity index is 1500. The first kappa shape index (κ1) is 25.5. The minimum absolute atomic E-state index is 0.203. The van der Waals surface area contributed by atoms with E-state index in [2.05, 4.69) is 4.99 Å². The van der Waals surface area contributed by atoms with Crippen LogP contribution in [0.4, 0.5) is 0 Å². The number of fused-ring (bicyclic) bond motifs is 1. The maximum absolute atomic E-state index is 13.7. The Morgan fingerprint density at radius 1 is 1.11 bits per heavy atom. The van der Waals surface area contributed by atoms with Gasteiger partial charge >= 0.3 is 5.97 Å². The number of hydrogen-bond donors (Lipinski definition) is 0. The van der Waals surface area contributed by atoms with Gasteiger partial charge in [0, 0.05) is 5.02 Å². The van der Waals surface area contributed by atoms with E-state index in [1.165, 1.54) is 37.2 Å². The minimum atomic E-state index is -0.709. The highest BCUT2D eigenvalue weighted by Gasteiger charge is 2.33. The number of benzene rings is 2. The summed E-state index contributed by atoms with van der Waals surface area (Å²) in [6.07, 6.45) is 1.73. The van der Waals surface area contributed by atoms with Crippen LogP contribution in [-0.4, -0.2) is 38.5 Å². The number of esters is 1. The molecule has 1 aliphatic heterocycles. The smallest absolute Gasteiger partial charge is 0.338 e. The third kappa shape index (κ3) is 4.64. The van der Waals surface area contributed by atoms with Gasteiger partial charge in [-0.2, -0.15) is 0 Å². The lowest BCUT2D eigenvalue weighted by atomic mass is 9.96. The normalized spacial score (nSPS) is 15.3. The standard InChI is InChI=1S/C26H25ClN2O6S/c1-6-35-25(31)21-14(2)28-26-29(22(21)16-7-9-17(27)10-8-16)24(30)20(36-26)13-15-11-18(32-3)23(34-5)19(12-15)33-4/h7-13,22H,6H2,1-5H3/b20-13-. The van der Waals surface area contributed by atoms with Crippen molar-refractivity contribution in [2.75, 3.05) is 27.9 Å². The van der Waals surface area contributed by atoms with Gasteiger partial charge in [-0.1, -0.05) is 35.1 Å². The molecule has 0 aliphatic carbocycles. The molecule has 188 valence electrons. The third-order valence-corrected chi connectivity index (χ3v) is 6.92. The van der Waals surface area contributed by atoms with E-state index in [1.54, 1.807) is 56.3 Å². The van der Waals surface area contributed by atoms with E-state index >= 15 is 0 Å². The van der Waals surface area contributed by atoms with Gasteiger partial charge in [-0.3, -0.25) is 9.36 Å². The number of rotatable bonds is 7. The lowest BCUT2D eigenvalue weighted by Crippen LogP contribution is -2.39. The fourth-order valence-corrected chi connectivity index (χ4v) is 5.26. The zero-order valence-electron chi connectivity index (χ0n) is 20.5. The Morgan fingerprint density at radius 2 is 1.75 bits per heavy atom. The van der Waals surface area contributed by atoms with Gasteiger partial charge in [-0.25, -0.2) is 9.79 Å². The van der Waals surface area contributed by atoms with E-state index in [0.29, 0.717) is 48.4 Å². The van der Waals surface area contributed by atoms with Gasteiger partial charge in [0.05, 0.1) is 49.8 Å². The summed E-state index contributed by atoms with van der Waals surface area (Å²) in [7, 11) is 4.58. The number of nitrogens with zero attached hydrogens (tertiary/aromatic N) is 2. The number of hydrogen-bond acceptors (Lipinski definition) is 8. The zero-order chi connectivity index (χ0) is 26.0. The van der Waals surface area contributed by atoms with Gasteiger partial charge in [-0.05, 0) is 55.3 Å². The van der Waals surface area contributed by atoms with Gasteiger partial charge in [0.2, 0.25) is 5.75 Å². The Morgan fingerprint density at radius 3 is 2.31 bits per heavy atom. The Labute approximate surface area is 216 Å². The SMILES string of the molecule is CCOC(=O)C1=C(C)N=c2s/c(=C\c3cc(OC)c(OC)c(OC)c3)c(=O)n2C1c1ccc(Cl)cc1. The first-order chi connectivity index (χ1) is 17.3. The van der Waals surface area contributed by atoms with Crippen LogP contribution in [0.15, 0.2) is 57.5 Å². The number of allylic oxidation sites excluding steroid dienone is 1. The summed E-state index contributed by atoms with van der Waals surface area (Å²) in [5.74, 6) is 0.874. The molecule has 1 unspecified atom stereocenters. The van der Waals surface area contributed by atoms with Gasteiger partial charge < -0.3 is 18.9 Å². The Kier molecular flexibility index (Phi) is 7.51. The number of aromatic nitrogens is 1. The molecule has 2 heterocycles. The fourth-order valence-electron chi connectivity index (χ4n) is 4.09. The number of carbonyl (C=O) groups excluding carboxylic acids is 1. The Balaban J connectivity index is 1.94. The van der Waals surface area contributed by atoms with Crippen LogP contribution in [0, 0.1) is 0 Å². The molecule has 0 N–H and O–H groups in total. The molecule has 2 aromatic carbocycles. The lowest BCUT2D eigenvalue weighted by molar-refractivity contribution is -0.139. The van der Waals surface area contributed by atoms with Crippen molar-refractivity contribution in [2.24, 2.45) is 4.99 Å². The molecule has 0 saturated heterocycles. The highest BCUT2D eigenvalue weighted by Crippen LogP contribution is 2.38. The molecule has 3 aromatic rings. The average molecular weight is 529 g/mol. The van der Waals surface area contributed by atoms with Crippen molar-refractivity contribution in [1.82, 2.24) is 4.57 Å². The van der Waals surface area contributed by atoms with Crippen molar-refractivity contribution in [1.29, 1.82) is 0 Å². The lowest BCUT2D eigenvalue weighted by Gasteiger charge is -2.24. The van der Waals surface area contributed by atoms with E-state index in [4.69, 9.17) is 30.5 Å². The first-order valence-electron chi connectivity index (χ1n) is 11.1. The summed E-state index contributed by atoms with van der Waals surface area (Å²) in [5, 5.41) is 0.548. The van der Waals surface area contributed by atoms with Crippen molar-refractivity contribution in [2.45, 2.75) is 19.9 Å². The second-order valence-electron chi connectivity index (χ2n) is 7.81. The van der Waals surface area contributed by atoms with Crippen molar-refractivity contribution in [3.63, 3.8) is 0 Å². The van der Waals surface area contributed by atoms with Crippen molar-refractivity contribution in [3.05, 3.63) is 83.5 Å². The minimum Gasteiger partial charge on any atom is -0.493 e. The number of ether oxygens (including phenoxy) is 4. The molecular formula is C26H25ClN2O6S. The largest absolute Gasteiger partial charge is 0.493 e. The molecule has 8 nitrogen and oxygen atoms in total. The summed E-state index contributed by atoms with van der Waals surface area (Å²) < 4.78 is 23.5. The van der Waals surface area contributed by atoms with Crippen LogP contribution in [0.1, 0.15) is 31.0 Å². The molecule has 0 radical (unpaired) electrons. The van der Waals surface area contributed by atoms with Gasteiger partial charge in [0.1, 0.15) is 0 Å². The van der Waals surface area contributed by atoms with E-state index in [1.807, 2.05) is 0 Å². The summed E-state index contributed by atoms with van der Waals surface area (Å²) in [6, 6.07) is 9.83. The molecule has 0 fully saturated rings. The molecule has 10 heteroatoms. The average Bonchev–Trinajstić information content (AvgIpc) is 3.17. The second-order valence-corrected chi connectivity index (χ2v) is 9.26. The zero-order valence-corrected chi connectivity index (χ0v) is 22.0. The molecule has 4 rings (SSSR count). The molecule has 0 amide bonds. The highest BCUT2D eigenvalue weighted by molar-refractivity contribution is 7.07. The van der Waals surface area contributed by atoms with Crippen LogP contribution in [0.5, 0.6) is 17.2 Å². The molecule has 0 saturated carbocycles. The quantitative estimate of drug-likeness (QED) is 0.436. The predicted molar refractivity (Wildman–Crippen MR) is 138 cm³/mol. The maximum atomic E-state index is 13.7. The van der Waals surface area contributed by atoms with Gasteiger partial charge in [-0.15, -0.1) is 0 Å². The van der Waals surface area contributed by atoms with E-state index < -0.39 is 12.0 Å². The maximum Gasteiger partial charge on any atom is 0.338 e. The number of carbonyl (C=O) groups is 1. The van der Waals surface area contributed by atoms with Crippen LogP contribution >= 0.6 is 22.9 Å². The molecule has 1 atom stereocenters. The molecule has 0 spiro atoms. The van der Waals surface area contributed by atoms with Crippen molar-refractivity contribution in [3.8, 4) is 17.2 Å². The predicted octanol–water partition coefficient (Wildman–Crippen LogP) is 3.48. The van der Waals surface area contributed by atoms with Crippen molar-refractivity contribution < 1.29 is 23.7 Å². The molecule has 1 aliphatic rings. The fraction of sp³-hybridized carbons (Fsp3) is 0.269. The molecular weight excluding hydrogens is 504 g/mol. The number of thiazole rings is 1. The topological polar surface area (TPSA) is 88.4 Å². The number of methoxy groups -OCH3 is 3. The van der Waals surface area contributed by atoms with Crippen molar-refractivity contribution >= 4 is 35.0 Å². The van der Waals surface area contributed by atoms with E-state index in [9.17, 15) is 9.59 Å². The van der Waals surface area contributed by atoms with Crippen LogP contribution < -0.4 is 29.1 Å². The van der Waals surface area contributed by atoms with Gasteiger partial charge in [0.25, 0.3) is 5.56 Å². The molecule has 1 aromatic heterocycles. The van der Waals surface area contributed by atoms with Crippen LogP contribution in [0.3, 0.4) is 0 Å². The summed E-state index contributed by atoms with van der Waals surface area (Å²) in [6.45, 7) is 3.68. The Hall–Kier alpha value is -3.56. The summed E-state index contributed by atoms with van der Waals surface area (Å²) >= 11 is 7.33. The van der Waals surface area contributed by atoms with E-state index in [-0.39, 0.29) is 12.2 Å². The van der Waals surface area contributed by atoms with Crippen LogP contribution in [0.25, 0.3) is 6.08 Å². The highest BCUT2D eigenvalue weighted by atomic mass is 35.5.